The van der Waals surface area contributed by atoms with E-state index in [1.807, 2.05) is 0 Å². The molecule has 0 aromatic carbocycles. The van der Waals surface area contributed by atoms with Crippen molar-refractivity contribution in [2.75, 3.05) is 0 Å². The van der Waals surface area contributed by atoms with Crippen molar-refractivity contribution in [1.82, 2.24) is 9.78 Å². The number of aromatic nitrogens is 2. The lowest BCUT2D eigenvalue weighted by Gasteiger charge is -1.75. The molecule has 4 nitrogen and oxygen atoms in total. The quantitative estimate of drug-likeness (QED) is 0.465. The number of aryl methyl sites for hydroxylation is 1. The molecule has 1 rings (SSSR count). The summed E-state index contributed by atoms with van der Waals surface area (Å²) in [6.45, 7) is 0. The van der Waals surface area contributed by atoms with Crippen molar-refractivity contribution in [3.05, 3.63) is 17.4 Å². The van der Waals surface area contributed by atoms with Crippen LogP contribution >= 0.6 is 0 Å². The second-order valence-electron chi connectivity index (χ2n) is 1.47. The Morgan fingerprint density at radius 3 is 2.88 bits per heavy atom. The molecule has 0 bridgehead atoms. The van der Waals surface area contributed by atoms with Crippen molar-refractivity contribution in [1.29, 1.82) is 5.39 Å². The summed E-state index contributed by atoms with van der Waals surface area (Å²) in [4.78, 5) is 2.91. The molecule has 1 aromatic heterocycles. The van der Waals surface area contributed by atoms with Crippen LogP contribution in [-0.4, -0.2) is 9.78 Å². The van der Waals surface area contributed by atoms with Crippen LogP contribution in [0.4, 0.5) is 5.69 Å². The van der Waals surface area contributed by atoms with Crippen molar-refractivity contribution in [2.45, 2.75) is 0 Å². The molecule has 0 radical (unpaired) electrons. The molecule has 0 spiro atoms. The van der Waals surface area contributed by atoms with Crippen LogP contribution in [0.1, 0.15) is 0 Å². The summed E-state index contributed by atoms with van der Waals surface area (Å²) in [6.07, 6.45) is 3.08. The third kappa shape index (κ3) is 0.658. The van der Waals surface area contributed by atoms with Gasteiger partial charge in [0, 0.05) is 7.05 Å². The lowest BCUT2D eigenvalue weighted by atomic mass is 10.6. The zero-order chi connectivity index (χ0) is 5.98. The Bertz CT molecular complexity index is 218. The van der Waals surface area contributed by atoms with Gasteiger partial charge in [0.05, 0.1) is 0 Å². The predicted molar refractivity (Wildman–Crippen MR) is 28.0 cm³/mol. The highest BCUT2D eigenvalue weighted by molar-refractivity contribution is 5.37. The van der Waals surface area contributed by atoms with E-state index in [9.17, 15) is 0 Å². The fraction of sp³-hybridized carbons (Fsp3) is 0.250. The zero-order valence-electron chi connectivity index (χ0n) is 4.44. The molecule has 8 heavy (non-hydrogen) atoms. The van der Waals surface area contributed by atoms with Gasteiger partial charge in [0.2, 0.25) is 5.39 Å². The molecule has 0 saturated heterocycles. The van der Waals surface area contributed by atoms with Gasteiger partial charge in [0.15, 0.2) is 4.98 Å². The molecule has 0 N–H and O–H groups in total. The summed E-state index contributed by atoms with van der Waals surface area (Å²) in [7, 11) is 1.76. The van der Waals surface area contributed by atoms with Crippen LogP contribution in [-0.2, 0) is 7.05 Å². The fourth-order valence-corrected chi connectivity index (χ4v) is 0.460. The van der Waals surface area contributed by atoms with Crippen LogP contribution in [0.25, 0.3) is 4.98 Å². The summed E-state index contributed by atoms with van der Waals surface area (Å²) in [5.41, 5.74) is 0.479. The molecule has 1 aromatic rings. The van der Waals surface area contributed by atoms with Gasteiger partial charge in [-0.2, -0.15) is 5.10 Å². The van der Waals surface area contributed by atoms with Gasteiger partial charge in [-0.1, -0.05) is 0 Å². The fourth-order valence-electron chi connectivity index (χ4n) is 0.460. The highest BCUT2D eigenvalue weighted by Crippen LogP contribution is 2.05. The molecule has 0 fully saturated rings. The molecule has 0 amide bonds. The number of rotatable bonds is 0. The molecule has 4 heteroatoms. The molecule has 0 aliphatic heterocycles. The van der Waals surface area contributed by atoms with Gasteiger partial charge in [-0.05, 0) is 0 Å². The van der Waals surface area contributed by atoms with Gasteiger partial charge >= 0.3 is 5.69 Å². The van der Waals surface area contributed by atoms with Crippen LogP contribution in [0.3, 0.4) is 0 Å². The van der Waals surface area contributed by atoms with E-state index in [1.54, 1.807) is 17.9 Å². The first-order valence-electron chi connectivity index (χ1n) is 2.16. The topological polar surface area (TPSA) is 46.0 Å². The Morgan fingerprint density at radius 1 is 1.88 bits per heavy atom. The molecular formula is C4H5N4+. The third-order valence-corrected chi connectivity index (χ3v) is 0.807. The first kappa shape index (κ1) is 4.78. The second kappa shape index (κ2) is 1.62. The smallest absolute Gasteiger partial charge is 0.267 e. The zero-order valence-corrected chi connectivity index (χ0v) is 4.44. The first-order valence-corrected chi connectivity index (χ1v) is 2.16. The molecule has 0 saturated carbocycles. The SMILES string of the molecule is Cn1cc([N+]#N)cn1. The van der Waals surface area contributed by atoms with Gasteiger partial charge in [0.1, 0.15) is 12.4 Å². The van der Waals surface area contributed by atoms with E-state index < -0.39 is 0 Å². The number of nitrogens with zero attached hydrogens (tertiary/aromatic N) is 4. The first-order chi connectivity index (χ1) is 3.83. The second-order valence-corrected chi connectivity index (χ2v) is 1.47. The Morgan fingerprint density at radius 2 is 2.62 bits per heavy atom. The van der Waals surface area contributed by atoms with Crippen molar-refractivity contribution in [2.24, 2.45) is 7.05 Å². The predicted octanol–water partition coefficient (Wildman–Crippen LogP) is 0.905. The van der Waals surface area contributed by atoms with Gasteiger partial charge in [-0.25, -0.2) is 0 Å². The van der Waals surface area contributed by atoms with E-state index in [-0.39, 0.29) is 0 Å². The normalized spacial score (nSPS) is 8.50. The summed E-state index contributed by atoms with van der Waals surface area (Å²) in [6, 6.07) is 0. The highest BCUT2D eigenvalue weighted by atomic mass is 15.2. The van der Waals surface area contributed by atoms with Gasteiger partial charge in [-0.15, -0.1) is 0 Å². The van der Waals surface area contributed by atoms with E-state index in [0.29, 0.717) is 5.69 Å². The van der Waals surface area contributed by atoms with E-state index in [2.05, 4.69) is 10.1 Å². The van der Waals surface area contributed by atoms with Crippen LogP contribution in [0.15, 0.2) is 12.4 Å². The molecule has 1 heterocycles. The van der Waals surface area contributed by atoms with Gasteiger partial charge in [0.25, 0.3) is 0 Å². The van der Waals surface area contributed by atoms with E-state index in [1.165, 1.54) is 6.20 Å². The maximum atomic E-state index is 8.12. The monoisotopic (exact) mass is 109 g/mol. The number of hydrogen-bond acceptors (Lipinski definition) is 2. The largest absolute Gasteiger partial charge is 0.422 e. The molecule has 0 atom stereocenters. The van der Waals surface area contributed by atoms with Crippen LogP contribution < -0.4 is 0 Å². The minimum absolute atomic E-state index is 0.479. The number of diazo groups is 1. The molecule has 40 valence electrons. The minimum atomic E-state index is 0.479. The van der Waals surface area contributed by atoms with E-state index in [4.69, 9.17) is 5.39 Å². The van der Waals surface area contributed by atoms with E-state index >= 15 is 0 Å². The number of hydrogen-bond donors (Lipinski definition) is 0. The Balaban J connectivity index is 3.05. The summed E-state index contributed by atoms with van der Waals surface area (Å²) >= 11 is 0. The maximum Gasteiger partial charge on any atom is 0.422 e. The molecule has 0 unspecified atom stereocenters. The van der Waals surface area contributed by atoms with Crippen LogP contribution in [0, 0.1) is 5.39 Å². The Labute approximate surface area is 46.4 Å². The van der Waals surface area contributed by atoms with Crippen molar-refractivity contribution >= 4 is 5.69 Å². The average molecular weight is 109 g/mol. The Hall–Kier alpha value is -1.37. The van der Waals surface area contributed by atoms with Crippen molar-refractivity contribution in [3.8, 4) is 0 Å². The lowest BCUT2D eigenvalue weighted by Crippen LogP contribution is -1.83. The summed E-state index contributed by atoms with van der Waals surface area (Å²) in [5, 5.41) is 11.9. The maximum absolute atomic E-state index is 8.12. The average Bonchev–Trinajstić information content (AvgIpc) is 2.14. The summed E-state index contributed by atoms with van der Waals surface area (Å²) in [5.74, 6) is 0. The molecular weight excluding hydrogens is 104 g/mol. The van der Waals surface area contributed by atoms with Crippen LogP contribution in [0.2, 0.25) is 0 Å². The minimum Gasteiger partial charge on any atom is -0.267 e. The van der Waals surface area contributed by atoms with Gasteiger partial charge in [-0.3, -0.25) is 4.68 Å². The van der Waals surface area contributed by atoms with Gasteiger partial charge < -0.3 is 0 Å². The third-order valence-electron chi connectivity index (χ3n) is 0.807. The molecule has 0 aliphatic carbocycles. The lowest BCUT2D eigenvalue weighted by molar-refractivity contribution is 0.768. The summed E-state index contributed by atoms with van der Waals surface area (Å²) < 4.78 is 1.56. The highest BCUT2D eigenvalue weighted by Gasteiger charge is 2.03. The van der Waals surface area contributed by atoms with Crippen molar-refractivity contribution in [3.63, 3.8) is 0 Å². The van der Waals surface area contributed by atoms with E-state index in [0.717, 1.165) is 0 Å². The molecule has 0 aliphatic rings. The van der Waals surface area contributed by atoms with Crippen molar-refractivity contribution < 1.29 is 0 Å². The van der Waals surface area contributed by atoms with Crippen LogP contribution in [0.5, 0.6) is 0 Å². The Kier molecular flexibility index (Phi) is 0.968. The standard InChI is InChI=1S/C4H5N4/c1-8-3-4(7-5)2-6-8/h2-3H,1H3/q+1.